The van der Waals surface area contributed by atoms with E-state index >= 15 is 0 Å². The molecule has 37 heavy (non-hydrogen) atoms. The molecular formula is C26H25FN6O4. The maximum atomic E-state index is 14.5. The molecule has 11 heteroatoms. The van der Waals surface area contributed by atoms with Gasteiger partial charge in [0, 0.05) is 36.6 Å². The van der Waals surface area contributed by atoms with Crippen molar-refractivity contribution in [2.24, 2.45) is 15.7 Å². The number of nitrogens with one attached hydrogen (secondary N) is 2. The van der Waals surface area contributed by atoms with Crippen LogP contribution in [0.3, 0.4) is 0 Å². The number of aromatic nitrogens is 1. The number of ether oxygens (including phenoxy) is 2. The molecule has 4 rings (SSSR count). The van der Waals surface area contributed by atoms with Crippen LogP contribution < -0.4 is 15.8 Å². The molecule has 1 saturated heterocycles. The van der Waals surface area contributed by atoms with Gasteiger partial charge in [-0.15, -0.1) is 0 Å². The topological polar surface area (TPSA) is 134 Å². The van der Waals surface area contributed by atoms with Crippen molar-refractivity contribution in [2.45, 2.75) is 0 Å². The van der Waals surface area contributed by atoms with E-state index < -0.39 is 11.7 Å². The Hall–Kier alpha value is -4.77. The SMILES string of the molecule is C=CC(=O)Nc1ccc(F)c(O/C(=N/C(N)=Nc2ccc(C(=O)N3CCOCC3)cc2)c2ccc[nH]2)c1. The number of aromatic amines is 1. The average Bonchev–Trinajstić information content (AvgIpc) is 3.46. The van der Waals surface area contributed by atoms with Crippen LogP contribution in [0.4, 0.5) is 15.8 Å². The molecule has 190 valence electrons. The zero-order valence-corrected chi connectivity index (χ0v) is 19.8. The molecule has 0 unspecified atom stereocenters. The van der Waals surface area contributed by atoms with Crippen molar-refractivity contribution in [3.8, 4) is 5.75 Å². The van der Waals surface area contributed by atoms with Crippen molar-refractivity contribution >= 4 is 35.0 Å². The summed E-state index contributed by atoms with van der Waals surface area (Å²) in [4.78, 5) is 37.4. The molecule has 10 nitrogen and oxygen atoms in total. The van der Waals surface area contributed by atoms with Crippen LogP contribution in [-0.4, -0.2) is 59.9 Å². The normalized spacial score (nSPS) is 14.2. The van der Waals surface area contributed by atoms with Crippen molar-refractivity contribution in [1.29, 1.82) is 0 Å². The number of hydrogen-bond acceptors (Lipinski definition) is 5. The standard InChI is InChI=1S/C26H25FN6O4/c1-2-23(34)30-19-9-10-20(27)22(16-19)37-24(21-4-3-11-29-21)32-26(28)31-18-7-5-17(6-8-18)25(35)33-12-14-36-15-13-33/h2-11,16,29H,1,12-15H2,(H2,28,31)(H,30,34)/b32-24+. The Bertz CT molecular complexity index is 1330. The molecule has 0 atom stereocenters. The first-order valence-electron chi connectivity index (χ1n) is 11.4. The van der Waals surface area contributed by atoms with Crippen molar-refractivity contribution in [3.05, 3.63) is 90.5 Å². The minimum Gasteiger partial charge on any atom is -0.434 e. The van der Waals surface area contributed by atoms with Crippen LogP contribution in [0.15, 0.2) is 83.4 Å². The van der Waals surface area contributed by atoms with Gasteiger partial charge in [0.15, 0.2) is 11.6 Å². The van der Waals surface area contributed by atoms with E-state index in [0.717, 1.165) is 12.1 Å². The summed E-state index contributed by atoms with van der Waals surface area (Å²) in [7, 11) is 0. The first-order chi connectivity index (χ1) is 17.9. The number of morpholine rings is 1. The number of hydrogen-bond donors (Lipinski definition) is 3. The van der Waals surface area contributed by atoms with Gasteiger partial charge < -0.3 is 30.4 Å². The van der Waals surface area contributed by atoms with Gasteiger partial charge in [-0.3, -0.25) is 9.59 Å². The third kappa shape index (κ3) is 6.67. The zero-order valence-electron chi connectivity index (χ0n) is 19.8. The Balaban J connectivity index is 1.55. The summed E-state index contributed by atoms with van der Waals surface area (Å²) in [5, 5.41) is 2.54. The van der Waals surface area contributed by atoms with Gasteiger partial charge in [-0.05, 0) is 54.6 Å². The van der Waals surface area contributed by atoms with E-state index in [1.54, 1.807) is 47.5 Å². The second-order valence-electron chi connectivity index (χ2n) is 7.86. The molecular weight excluding hydrogens is 479 g/mol. The molecule has 2 heterocycles. The third-order valence-electron chi connectivity index (χ3n) is 5.29. The van der Waals surface area contributed by atoms with Crippen LogP contribution in [-0.2, 0) is 9.53 Å². The van der Waals surface area contributed by atoms with Crippen LogP contribution in [0.5, 0.6) is 5.75 Å². The maximum Gasteiger partial charge on any atom is 0.254 e. The number of anilines is 1. The predicted octanol–water partition coefficient (Wildman–Crippen LogP) is 3.22. The van der Waals surface area contributed by atoms with E-state index in [2.05, 4.69) is 26.9 Å². The van der Waals surface area contributed by atoms with Gasteiger partial charge in [-0.1, -0.05) is 6.58 Å². The molecule has 4 N–H and O–H groups in total. The van der Waals surface area contributed by atoms with Crippen LogP contribution >= 0.6 is 0 Å². The first-order valence-corrected chi connectivity index (χ1v) is 11.4. The minimum absolute atomic E-state index is 0.0449. The van der Waals surface area contributed by atoms with Crippen molar-refractivity contribution < 1.29 is 23.5 Å². The number of nitrogens with zero attached hydrogens (tertiary/aromatic N) is 3. The molecule has 0 radical (unpaired) electrons. The van der Waals surface area contributed by atoms with Gasteiger partial charge in [0.25, 0.3) is 5.91 Å². The smallest absolute Gasteiger partial charge is 0.254 e. The molecule has 1 aliphatic heterocycles. The number of halogens is 1. The molecule has 0 aliphatic carbocycles. The van der Waals surface area contributed by atoms with Gasteiger partial charge >= 0.3 is 0 Å². The lowest BCUT2D eigenvalue weighted by atomic mass is 10.1. The fraction of sp³-hybridized carbons (Fsp3) is 0.154. The molecule has 1 fully saturated rings. The van der Waals surface area contributed by atoms with Gasteiger partial charge in [0.1, 0.15) is 5.69 Å². The second-order valence-corrected chi connectivity index (χ2v) is 7.86. The number of aliphatic imine (C=N–C) groups is 2. The number of carbonyl (C=O) groups is 2. The summed E-state index contributed by atoms with van der Waals surface area (Å²) in [5.41, 5.74) is 7.77. The van der Waals surface area contributed by atoms with E-state index in [0.29, 0.717) is 48.9 Å². The Labute approximate surface area is 212 Å². The maximum absolute atomic E-state index is 14.5. The average molecular weight is 505 g/mol. The van der Waals surface area contributed by atoms with E-state index in [-0.39, 0.29) is 23.5 Å². The zero-order chi connectivity index (χ0) is 26.2. The first kappa shape index (κ1) is 25.3. The summed E-state index contributed by atoms with van der Waals surface area (Å²) >= 11 is 0. The number of carbonyl (C=O) groups excluding carboxylic acids is 2. The summed E-state index contributed by atoms with van der Waals surface area (Å²) in [5.74, 6) is -1.60. The van der Waals surface area contributed by atoms with E-state index in [1.807, 2.05) is 0 Å². The van der Waals surface area contributed by atoms with Crippen molar-refractivity contribution in [1.82, 2.24) is 9.88 Å². The van der Waals surface area contributed by atoms with Gasteiger partial charge in [-0.2, -0.15) is 4.99 Å². The Morgan fingerprint density at radius 2 is 1.92 bits per heavy atom. The molecule has 0 bridgehead atoms. The number of guanidine groups is 1. The van der Waals surface area contributed by atoms with Gasteiger partial charge in [-0.25, -0.2) is 9.38 Å². The summed E-state index contributed by atoms with van der Waals surface area (Å²) in [6.45, 7) is 5.52. The highest BCUT2D eigenvalue weighted by atomic mass is 19.1. The molecule has 1 aliphatic rings. The molecule has 2 amide bonds. The summed E-state index contributed by atoms with van der Waals surface area (Å²) < 4.78 is 25.5. The largest absolute Gasteiger partial charge is 0.434 e. The lowest BCUT2D eigenvalue weighted by Crippen LogP contribution is -2.40. The van der Waals surface area contributed by atoms with Crippen LogP contribution in [0.1, 0.15) is 16.1 Å². The monoisotopic (exact) mass is 504 g/mol. The number of benzene rings is 2. The number of nitrogens with two attached hydrogens (primary N) is 1. The highest BCUT2D eigenvalue weighted by Crippen LogP contribution is 2.23. The van der Waals surface area contributed by atoms with E-state index in [4.69, 9.17) is 15.2 Å². The second kappa shape index (κ2) is 11.8. The quantitative estimate of drug-likeness (QED) is 0.269. The fourth-order valence-electron chi connectivity index (χ4n) is 3.45. The molecule has 0 spiro atoms. The number of rotatable bonds is 6. The number of H-pyrrole nitrogens is 1. The van der Waals surface area contributed by atoms with Crippen molar-refractivity contribution in [3.63, 3.8) is 0 Å². The molecule has 3 aromatic rings. The highest BCUT2D eigenvalue weighted by Gasteiger charge is 2.18. The number of amides is 2. The van der Waals surface area contributed by atoms with Crippen molar-refractivity contribution in [2.75, 3.05) is 31.6 Å². The van der Waals surface area contributed by atoms with Gasteiger partial charge in [0.2, 0.25) is 17.8 Å². The lowest BCUT2D eigenvalue weighted by molar-refractivity contribution is -0.111. The molecule has 2 aromatic carbocycles. The third-order valence-corrected chi connectivity index (χ3v) is 5.29. The van der Waals surface area contributed by atoms with Crippen LogP contribution in [0, 0.1) is 5.82 Å². The lowest BCUT2D eigenvalue weighted by Gasteiger charge is -2.26. The Morgan fingerprint density at radius 1 is 1.16 bits per heavy atom. The Morgan fingerprint density at radius 3 is 2.59 bits per heavy atom. The summed E-state index contributed by atoms with van der Waals surface area (Å²) in [6, 6.07) is 13.8. The van der Waals surface area contributed by atoms with Gasteiger partial charge in [0.05, 0.1) is 18.9 Å². The van der Waals surface area contributed by atoms with Crippen LogP contribution in [0.2, 0.25) is 0 Å². The highest BCUT2D eigenvalue weighted by molar-refractivity contribution is 6.03. The van der Waals surface area contributed by atoms with E-state index in [1.165, 1.54) is 12.1 Å². The minimum atomic E-state index is -0.674. The molecule has 0 saturated carbocycles. The fourth-order valence-corrected chi connectivity index (χ4v) is 3.45. The molecule has 1 aromatic heterocycles. The van der Waals surface area contributed by atoms with E-state index in [9.17, 15) is 14.0 Å². The summed E-state index contributed by atoms with van der Waals surface area (Å²) in [6.07, 6.45) is 2.74. The predicted molar refractivity (Wildman–Crippen MR) is 138 cm³/mol. The Kier molecular flexibility index (Phi) is 8.06. The van der Waals surface area contributed by atoms with Crippen LogP contribution in [0.25, 0.3) is 0 Å².